The molecule has 3 aromatic heterocycles. The van der Waals surface area contributed by atoms with Gasteiger partial charge < -0.3 is 19.9 Å². The highest BCUT2D eigenvalue weighted by molar-refractivity contribution is 6.03. The van der Waals surface area contributed by atoms with Crippen LogP contribution >= 0.6 is 0 Å². The first-order valence-corrected chi connectivity index (χ1v) is 17.2. The molecule has 9 nitrogen and oxygen atoms in total. The van der Waals surface area contributed by atoms with Gasteiger partial charge in [-0.3, -0.25) is 0 Å². The van der Waals surface area contributed by atoms with Gasteiger partial charge in [0.2, 0.25) is 5.95 Å². The molecule has 13 heteroatoms. The van der Waals surface area contributed by atoms with Gasteiger partial charge >= 0.3 is 12.1 Å². The number of aromatic nitrogens is 5. The van der Waals surface area contributed by atoms with Crippen molar-refractivity contribution in [2.75, 3.05) is 23.4 Å². The number of aromatic amines is 1. The zero-order chi connectivity index (χ0) is 36.7. The number of hydrogen-bond acceptors (Lipinski definition) is 6. The summed E-state index contributed by atoms with van der Waals surface area (Å²) in [7, 11) is 1.65. The quantitative estimate of drug-likeness (QED) is 0.140. The second-order valence-corrected chi connectivity index (χ2v) is 12.9. The number of halogens is 4. The highest BCUT2D eigenvalue weighted by atomic mass is 19.4. The lowest BCUT2D eigenvalue weighted by molar-refractivity contribution is -0.139. The van der Waals surface area contributed by atoms with E-state index in [1.54, 1.807) is 29.1 Å². The number of nitrogens with one attached hydrogen (secondary N) is 1. The number of aryl methyl sites for hydroxylation is 2. The molecule has 1 aliphatic heterocycles. The van der Waals surface area contributed by atoms with Crippen LogP contribution < -0.4 is 9.80 Å². The molecule has 6 aromatic rings. The lowest BCUT2D eigenvalue weighted by Gasteiger charge is -2.29. The van der Waals surface area contributed by atoms with Crippen molar-refractivity contribution in [2.24, 2.45) is 0 Å². The molecular formula is C39H37F4N7O2. The number of likely N-dealkylation sites (N-methyl/N-ethyl adjacent to an activating group) is 1. The molecule has 52 heavy (non-hydrogen) atoms. The third-order valence-electron chi connectivity index (χ3n) is 9.88. The van der Waals surface area contributed by atoms with Crippen molar-refractivity contribution >= 4 is 28.5 Å². The summed E-state index contributed by atoms with van der Waals surface area (Å²) in [6.45, 7) is 4.68. The Morgan fingerprint density at radius 3 is 2.35 bits per heavy atom. The van der Waals surface area contributed by atoms with Gasteiger partial charge in [0, 0.05) is 74.1 Å². The summed E-state index contributed by atoms with van der Waals surface area (Å²) in [5, 5.41) is 15.9. The number of carbonyl (C=O) groups is 1. The average molecular weight is 712 g/mol. The van der Waals surface area contributed by atoms with Gasteiger partial charge in [-0.15, -0.1) is 0 Å². The van der Waals surface area contributed by atoms with Crippen molar-refractivity contribution in [3.05, 3.63) is 119 Å². The smallest absolute Gasteiger partial charge is 0.419 e. The molecule has 0 saturated carbocycles. The molecule has 268 valence electrons. The van der Waals surface area contributed by atoms with Crippen molar-refractivity contribution in [3.8, 4) is 16.9 Å². The summed E-state index contributed by atoms with van der Waals surface area (Å²) in [4.78, 5) is 27.3. The van der Waals surface area contributed by atoms with Crippen LogP contribution in [0.4, 0.5) is 29.2 Å². The number of nitrogens with zero attached hydrogens (tertiary/aromatic N) is 6. The standard InChI is InChI=1S/C39H37F4N7O2/c1-4-24-12-9-13-25(5-2)35(24)50-36(28-22-49(17-15-30(28)47-50)38-45-20-26(21-46-38)39(41,42)43)33-27-14-16-44-34(27)31(19-29(33)40)48(3)32(37(51)52)18-23-10-7-6-8-11-23/h6-14,16,19-21,32,44H,4-5,15,17-18,22H2,1-3H3,(H,51,52). The Kier molecular flexibility index (Phi) is 9.20. The fourth-order valence-electron chi connectivity index (χ4n) is 7.18. The van der Waals surface area contributed by atoms with Crippen molar-refractivity contribution in [1.29, 1.82) is 0 Å². The maximum Gasteiger partial charge on any atom is 0.419 e. The Morgan fingerprint density at radius 1 is 1.02 bits per heavy atom. The summed E-state index contributed by atoms with van der Waals surface area (Å²) in [5.41, 5.74) is 5.96. The van der Waals surface area contributed by atoms with Crippen LogP contribution in [0, 0.1) is 5.82 Å². The van der Waals surface area contributed by atoms with Crippen LogP contribution in [0.25, 0.3) is 27.8 Å². The molecule has 2 N–H and O–H groups in total. The van der Waals surface area contributed by atoms with E-state index < -0.39 is 29.6 Å². The monoisotopic (exact) mass is 711 g/mol. The van der Waals surface area contributed by atoms with E-state index in [2.05, 4.69) is 28.8 Å². The highest BCUT2D eigenvalue weighted by Gasteiger charge is 2.34. The number of rotatable bonds is 10. The third-order valence-corrected chi connectivity index (χ3v) is 9.88. The Hall–Kier alpha value is -5.72. The first-order chi connectivity index (χ1) is 25.0. The highest BCUT2D eigenvalue weighted by Crippen LogP contribution is 2.43. The fourth-order valence-corrected chi connectivity index (χ4v) is 7.18. The predicted molar refractivity (Wildman–Crippen MR) is 191 cm³/mol. The number of carboxylic acids is 1. The van der Waals surface area contributed by atoms with Crippen molar-refractivity contribution in [1.82, 2.24) is 24.7 Å². The lowest BCUT2D eigenvalue weighted by atomic mass is 9.96. The molecule has 0 amide bonds. The van der Waals surface area contributed by atoms with Crippen LogP contribution in [0.1, 0.15) is 47.4 Å². The van der Waals surface area contributed by atoms with Gasteiger partial charge in [0.05, 0.1) is 33.8 Å². The van der Waals surface area contributed by atoms with Crippen LogP contribution in [0.5, 0.6) is 0 Å². The van der Waals surface area contributed by atoms with E-state index in [1.165, 1.54) is 6.07 Å². The summed E-state index contributed by atoms with van der Waals surface area (Å²) in [6.07, 6.45) is 0.691. The van der Waals surface area contributed by atoms with Crippen LogP contribution in [0.3, 0.4) is 0 Å². The first kappa shape index (κ1) is 34.7. The third kappa shape index (κ3) is 6.24. The number of alkyl halides is 3. The molecule has 0 spiro atoms. The van der Waals surface area contributed by atoms with E-state index in [4.69, 9.17) is 5.10 Å². The van der Waals surface area contributed by atoms with Gasteiger partial charge in [-0.05, 0) is 35.6 Å². The molecule has 4 heterocycles. The zero-order valence-electron chi connectivity index (χ0n) is 28.9. The van der Waals surface area contributed by atoms with E-state index in [-0.39, 0.29) is 24.5 Å². The van der Waals surface area contributed by atoms with Crippen LogP contribution in [0.2, 0.25) is 0 Å². The molecule has 0 bridgehead atoms. The van der Waals surface area contributed by atoms with E-state index >= 15 is 4.39 Å². The number of anilines is 2. The summed E-state index contributed by atoms with van der Waals surface area (Å²) in [5.74, 6) is -1.49. The second kappa shape index (κ2) is 13.8. The predicted octanol–water partition coefficient (Wildman–Crippen LogP) is 7.79. The van der Waals surface area contributed by atoms with Crippen LogP contribution in [-0.2, 0) is 43.2 Å². The summed E-state index contributed by atoms with van der Waals surface area (Å²) >= 11 is 0. The van der Waals surface area contributed by atoms with Crippen molar-refractivity contribution in [2.45, 2.75) is 58.3 Å². The molecule has 0 aliphatic carbocycles. The molecule has 1 unspecified atom stereocenters. The SMILES string of the molecule is CCc1cccc(CC)c1-n1nc2c(c1-c1c(F)cc(N(C)C(Cc3ccccc3)C(=O)O)c3[nH]ccc13)CN(c1ncc(C(F)(F)F)cn1)CC2. The Morgan fingerprint density at radius 2 is 1.71 bits per heavy atom. The molecule has 1 aliphatic rings. The molecular weight excluding hydrogens is 674 g/mol. The van der Waals surface area contributed by atoms with Crippen molar-refractivity contribution in [3.63, 3.8) is 0 Å². The minimum atomic E-state index is -4.57. The molecule has 7 rings (SSSR count). The van der Waals surface area contributed by atoms with E-state index in [0.29, 0.717) is 53.7 Å². The van der Waals surface area contributed by atoms with E-state index in [9.17, 15) is 23.1 Å². The van der Waals surface area contributed by atoms with Gasteiger partial charge in [0.15, 0.2) is 0 Å². The Balaban J connectivity index is 1.40. The molecule has 0 saturated heterocycles. The van der Waals surface area contributed by atoms with Crippen LogP contribution in [0.15, 0.2) is 79.3 Å². The molecule has 0 radical (unpaired) electrons. The number of H-pyrrole nitrogens is 1. The largest absolute Gasteiger partial charge is 0.480 e. The number of carboxylic acid groups (broad SMARTS) is 1. The number of fused-ring (bicyclic) bond motifs is 2. The number of hydrogen-bond donors (Lipinski definition) is 2. The van der Waals surface area contributed by atoms with Crippen LogP contribution in [-0.4, -0.2) is 55.4 Å². The first-order valence-electron chi connectivity index (χ1n) is 17.2. The van der Waals surface area contributed by atoms with E-state index in [1.807, 2.05) is 53.2 Å². The normalized spacial score (nSPS) is 13.7. The average Bonchev–Trinajstić information content (AvgIpc) is 3.78. The molecule has 1 atom stereocenters. The maximum atomic E-state index is 17.1. The second-order valence-electron chi connectivity index (χ2n) is 12.9. The van der Waals surface area contributed by atoms with E-state index in [0.717, 1.165) is 40.5 Å². The van der Waals surface area contributed by atoms with Gasteiger partial charge in [0.25, 0.3) is 0 Å². The van der Waals surface area contributed by atoms with Gasteiger partial charge in [-0.25, -0.2) is 23.8 Å². The number of para-hydroxylation sites is 1. The maximum absolute atomic E-state index is 17.1. The molecule has 3 aromatic carbocycles. The number of aliphatic carboxylic acids is 1. The van der Waals surface area contributed by atoms with Gasteiger partial charge in [0.1, 0.15) is 11.9 Å². The number of benzene rings is 3. The lowest BCUT2D eigenvalue weighted by Crippen LogP contribution is -2.40. The Labute approximate surface area is 297 Å². The molecule has 0 fully saturated rings. The summed E-state index contributed by atoms with van der Waals surface area (Å²) < 4.78 is 58.9. The van der Waals surface area contributed by atoms with Gasteiger partial charge in [-0.1, -0.05) is 62.4 Å². The topological polar surface area (TPSA) is 103 Å². The fraction of sp³-hybridized carbons (Fsp3) is 0.282. The Bertz CT molecular complexity index is 2230. The summed E-state index contributed by atoms with van der Waals surface area (Å²) in [6, 6.07) is 17.5. The van der Waals surface area contributed by atoms with Gasteiger partial charge in [-0.2, -0.15) is 18.3 Å². The zero-order valence-corrected chi connectivity index (χ0v) is 28.9. The minimum absolute atomic E-state index is 0.128. The van der Waals surface area contributed by atoms with Crippen molar-refractivity contribution < 1.29 is 27.5 Å². The minimum Gasteiger partial charge on any atom is -0.480 e.